The molecule has 0 bridgehead atoms. The SMILES string of the molecule is NC(=O)CC(c1ccccc1)C1CC1. The molecule has 1 unspecified atom stereocenters. The van der Waals surface area contributed by atoms with Gasteiger partial charge >= 0.3 is 0 Å². The molecule has 0 saturated heterocycles. The van der Waals surface area contributed by atoms with Crippen molar-refractivity contribution < 1.29 is 4.79 Å². The lowest BCUT2D eigenvalue weighted by molar-refractivity contribution is -0.118. The Hall–Kier alpha value is -1.31. The molecule has 2 N–H and O–H groups in total. The summed E-state index contributed by atoms with van der Waals surface area (Å²) in [4.78, 5) is 10.9. The van der Waals surface area contributed by atoms with E-state index in [-0.39, 0.29) is 5.91 Å². The summed E-state index contributed by atoms with van der Waals surface area (Å²) in [6.45, 7) is 0. The fraction of sp³-hybridized carbons (Fsp3) is 0.417. The van der Waals surface area contributed by atoms with Crippen molar-refractivity contribution in [1.82, 2.24) is 0 Å². The zero-order valence-corrected chi connectivity index (χ0v) is 8.15. The van der Waals surface area contributed by atoms with E-state index < -0.39 is 0 Å². The number of benzene rings is 1. The highest BCUT2D eigenvalue weighted by Gasteiger charge is 2.32. The second-order valence-electron chi connectivity index (χ2n) is 4.03. The number of rotatable bonds is 4. The summed E-state index contributed by atoms with van der Waals surface area (Å²) >= 11 is 0. The largest absolute Gasteiger partial charge is 0.370 e. The van der Waals surface area contributed by atoms with Crippen molar-refractivity contribution >= 4 is 5.91 Å². The lowest BCUT2D eigenvalue weighted by atomic mass is 9.91. The van der Waals surface area contributed by atoms with Crippen LogP contribution < -0.4 is 5.73 Å². The molecule has 1 aromatic carbocycles. The maximum absolute atomic E-state index is 10.9. The van der Waals surface area contributed by atoms with E-state index in [1.54, 1.807) is 0 Å². The van der Waals surface area contributed by atoms with Crippen LogP contribution in [0.2, 0.25) is 0 Å². The molecule has 2 heteroatoms. The van der Waals surface area contributed by atoms with E-state index in [0.717, 1.165) is 0 Å². The molecule has 1 aliphatic carbocycles. The zero-order valence-electron chi connectivity index (χ0n) is 8.15. The molecule has 1 fully saturated rings. The smallest absolute Gasteiger partial charge is 0.218 e. The van der Waals surface area contributed by atoms with Crippen LogP contribution in [0.5, 0.6) is 0 Å². The van der Waals surface area contributed by atoms with Gasteiger partial charge < -0.3 is 5.73 Å². The van der Waals surface area contributed by atoms with Gasteiger partial charge in [-0.05, 0) is 30.2 Å². The second-order valence-corrected chi connectivity index (χ2v) is 4.03. The van der Waals surface area contributed by atoms with Crippen LogP contribution >= 0.6 is 0 Å². The van der Waals surface area contributed by atoms with Crippen LogP contribution in [0.1, 0.15) is 30.7 Å². The topological polar surface area (TPSA) is 43.1 Å². The number of nitrogens with two attached hydrogens (primary N) is 1. The maximum atomic E-state index is 10.9. The molecule has 74 valence electrons. The number of hydrogen-bond acceptors (Lipinski definition) is 1. The minimum Gasteiger partial charge on any atom is -0.370 e. The van der Waals surface area contributed by atoms with E-state index >= 15 is 0 Å². The van der Waals surface area contributed by atoms with E-state index in [9.17, 15) is 4.79 Å². The molecule has 1 amide bonds. The van der Waals surface area contributed by atoms with Gasteiger partial charge in [-0.1, -0.05) is 30.3 Å². The van der Waals surface area contributed by atoms with Crippen molar-refractivity contribution in [3.63, 3.8) is 0 Å². The Morgan fingerprint density at radius 2 is 2.00 bits per heavy atom. The van der Waals surface area contributed by atoms with Gasteiger partial charge in [-0.2, -0.15) is 0 Å². The molecule has 0 heterocycles. The van der Waals surface area contributed by atoms with Gasteiger partial charge in [0.15, 0.2) is 0 Å². The standard InChI is InChI=1S/C12H15NO/c13-12(14)8-11(10-6-7-10)9-4-2-1-3-5-9/h1-5,10-11H,6-8H2,(H2,13,14). The third-order valence-corrected chi connectivity index (χ3v) is 2.84. The van der Waals surface area contributed by atoms with Gasteiger partial charge in [0.25, 0.3) is 0 Å². The third-order valence-electron chi connectivity index (χ3n) is 2.84. The second kappa shape index (κ2) is 3.82. The van der Waals surface area contributed by atoms with Crippen LogP contribution in [0.4, 0.5) is 0 Å². The van der Waals surface area contributed by atoms with Gasteiger partial charge in [-0.25, -0.2) is 0 Å². The quantitative estimate of drug-likeness (QED) is 0.774. The molecule has 0 radical (unpaired) electrons. The Morgan fingerprint density at radius 3 is 2.50 bits per heavy atom. The van der Waals surface area contributed by atoms with Crippen LogP contribution in [-0.4, -0.2) is 5.91 Å². The van der Waals surface area contributed by atoms with Crippen LogP contribution in [-0.2, 0) is 4.79 Å². The molecular formula is C12H15NO. The molecule has 0 spiro atoms. The van der Waals surface area contributed by atoms with Gasteiger partial charge in [-0.3, -0.25) is 4.79 Å². The molecule has 1 aromatic rings. The van der Waals surface area contributed by atoms with Crippen molar-refractivity contribution in [1.29, 1.82) is 0 Å². The van der Waals surface area contributed by atoms with Gasteiger partial charge in [0, 0.05) is 6.42 Å². The molecule has 1 atom stereocenters. The first kappa shape index (κ1) is 9.25. The first-order chi connectivity index (χ1) is 6.77. The Labute approximate surface area is 84.1 Å². The monoisotopic (exact) mass is 189 g/mol. The molecule has 1 aliphatic rings. The maximum Gasteiger partial charge on any atom is 0.218 e. The normalized spacial score (nSPS) is 17.7. The van der Waals surface area contributed by atoms with Crippen molar-refractivity contribution in [2.24, 2.45) is 11.7 Å². The number of primary amides is 1. The van der Waals surface area contributed by atoms with Gasteiger partial charge in [0.1, 0.15) is 0 Å². The Kier molecular flexibility index (Phi) is 2.53. The summed E-state index contributed by atoms with van der Waals surface area (Å²) in [5.41, 5.74) is 6.52. The average Bonchev–Trinajstić information content (AvgIpc) is 2.99. The molecule has 1 saturated carbocycles. The minimum atomic E-state index is -0.189. The molecule has 0 aliphatic heterocycles. The number of carbonyl (C=O) groups excluding carboxylic acids is 1. The highest BCUT2D eigenvalue weighted by atomic mass is 16.1. The fourth-order valence-corrected chi connectivity index (χ4v) is 1.97. The van der Waals surface area contributed by atoms with E-state index in [1.807, 2.05) is 18.2 Å². The van der Waals surface area contributed by atoms with Crippen LogP contribution in [0.3, 0.4) is 0 Å². The minimum absolute atomic E-state index is 0.189. The lowest BCUT2D eigenvalue weighted by Crippen LogP contribution is -2.16. The van der Waals surface area contributed by atoms with E-state index in [2.05, 4.69) is 12.1 Å². The van der Waals surface area contributed by atoms with Crippen LogP contribution in [0, 0.1) is 5.92 Å². The Balaban J connectivity index is 2.14. The van der Waals surface area contributed by atoms with E-state index in [4.69, 9.17) is 5.73 Å². The van der Waals surface area contributed by atoms with Crippen molar-refractivity contribution in [3.05, 3.63) is 35.9 Å². The van der Waals surface area contributed by atoms with Crippen LogP contribution in [0.25, 0.3) is 0 Å². The van der Waals surface area contributed by atoms with E-state index in [0.29, 0.717) is 18.3 Å². The van der Waals surface area contributed by atoms with Gasteiger partial charge in [0.2, 0.25) is 5.91 Å². The number of hydrogen-bond donors (Lipinski definition) is 1. The number of amides is 1. The predicted molar refractivity (Wildman–Crippen MR) is 55.7 cm³/mol. The zero-order chi connectivity index (χ0) is 9.97. The molecule has 2 nitrogen and oxygen atoms in total. The Morgan fingerprint density at radius 1 is 1.36 bits per heavy atom. The molecule has 2 rings (SSSR count). The summed E-state index contributed by atoms with van der Waals surface area (Å²) in [6.07, 6.45) is 2.98. The Bertz CT molecular complexity index is 316. The third kappa shape index (κ3) is 2.13. The summed E-state index contributed by atoms with van der Waals surface area (Å²) in [5, 5.41) is 0. The molecule has 0 aromatic heterocycles. The first-order valence-electron chi connectivity index (χ1n) is 5.10. The van der Waals surface area contributed by atoms with Crippen LogP contribution in [0.15, 0.2) is 30.3 Å². The van der Waals surface area contributed by atoms with E-state index in [1.165, 1.54) is 18.4 Å². The van der Waals surface area contributed by atoms with Crippen molar-refractivity contribution in [2.45, 2.75) is 25.2 Å². The lowest BCUT2D eigenvalue weighted by Gasteiger charge is -2.14. The van der Waals surface area contributed by atoms with Crippen molar-refractivity contribution in [2.75, 3.05) is 0 Å². The average molecular weight is 189 g/mol. The summed E-state index contributed by atoms with van der Waals surface area (Å²) in [7, 11) is 0. The molecule has 14 heavy (non-hydrogen) atoms. The fourth-order valence-electron chi connectivity index (χ4n) is 1.97. The summed E-state index contributed by atoms with van der Waals surface area (Å²) in [6, 6.07) is 10.2. The number of carbonyl (C=O) groups is 1. The van der Waals surface area contributed by atoms with Crippen molar-refractivity contribution in [3.8, 4) is 0 Å². The van der Waals surface area contributed by atoms with Gasteiger partial charge in [-0.15, -0.1) is 0 Å². The summed E-state index contributed by atoms with van der Waals surface area (Å²) < 4.78 is 0. The summed E-state index contributed by atoms with van der Waals surface area (Å²) in [5.74, 6) is 0.851. The highest BCUT2D eigenvalue weighted by Crippen LogP contribution is 2.44. The first-order valence-corrected chi connectivity index (χ1v) is 5.10. The highest BCUT2D eigenvalue weighted by molar-refractivity contribution is 5.74. The predicted octanol–water partition coefficient (Wildman–Crippen LogP) is 2.06. The molecular weight excluding hydrogens is 174 g/mol. The van der Waals surface area contributed by atoms with Gasteiger partial charge in [0.05, 0.1) is 0 Å².